The molecule has 0 aromatic heterocycles. The third kappa shape index (κ3) is 1.97. The Balaban J connectivity index is 0.983. The Labute approximate surface area is 435 Å². The summed E-state index contributed by atoms with van der Waals surface area (Å²) in [7, 11) is 1.75. The van der Waals surface area contributed by atoms with Crippen molar-refractivity contribution in [2.45, 2.75) is 16.9 Å². The van der Waals surface area contributed by atoms with Crippen LogP contribution in [0.4, 0.5) is 0 Å². The number of ether oxygens (including phenoxy) is 3. The summed E-state index contributed by atoms with van der Waals surface area (Å²) < 4.78 is 18.1. The van der Waals surface area contributed by atoms with E-state index in [1.807, 2.05) is 0 Å². The largest absolute Gasteiger partial charge is 0.382 e. The van der Waals surface area contributed by atoms with Gasteiger partial charge >= 0.3 is 0 Å². The van der Waals surface area contributed by atoms with Gasteiger partial charge in [0.25, 0.3) is 0 Å². The molecule has 0 radical (unpaired) electrons. The van der Waals surface area contributed by atoms with E-state index in [0.717, 1.165) is 13.1 Å². The van der Waals surface area contributed by atoms with Crippen molar-refractivity contribution in [3.8, 4) is 0 Å². The molecule has 346 valence electrons. The molecule has 29 aromatic carbocycles. The predicted molar refractivity (Wildman–Crippen MR) is 328 cm³/mol. The molecule has 1 fully saturated rings. The molecule has 1 unspecified atom stereocenters. The van der Waals surface area contributed by atoms with Crippen molar-refractivity contribution in [1.29, 1.82) is 0 Å². The first-order valence-corrected chi connectivity index (χ1v) is 29.6. The van der Waals surface area contributed by atoms with Crippen LogP contribution in [0.25, 0.3) is 291 Å². The lowest BCUT2D eigenvalue weighted by Gasteiger charge is -2.52. The van der Waals surface area contributed by atoms with Gasteiger partial charge in [-0.3, -0.25) is 4.90 Å². The first-order valence-electron chi connectivity index (χ1n) is 29.6. The van der Waals surface area contributed by atoms with Crippen molar-refractivity contribution in [1.82, 2.24) is 4.90 Å². The first kappa shape index (κ1) is 32.4. The minimum atomic E-state index is -0.386. The summed E-state index contributed by atoms with van der Waals surface area (Å²) in [6.45, 7) is 4.89. The van der Waals surface area contributed by atoms with Crippen LogP contribution in [0, 0.1) is 0 Å². The fourth-order valence-corrected chi connectivity index (χ4v) is 26.9. The molecular weight excluding hydrogens is 963 g/mol. The van der Waals surface area contributed by atoms with Crippen LogP contribution in [-0.4, -0.2) is 58.1 Å². The van der Waals surface area contributed by atoms with E-state index in [0.29, 0.717) is 33.0 Å². The summed E-state index contributed by atoms with van der Waals surface area (Å²) in [5, 5.41) is 89.4. The van der Waals surface area contributed by atoms with E-state index in [9.17, 15) is 0 Å². The maximum atomic E-state index is 6.77. The molecule has 4 nitrogen and oxygen atoms in total. The number of rotatable bonds is 10. The molecule has 79 heavy (non-hydrogen) atoms. The molecule has 0 saturated carbocycles. The zero-order valence-electron chi connectivity index (χ0n) is 41.6. The van der Waals surface area contributed by atoms with Gasteiger partial charge in [-0.1, -0.05) is 30.3 Å². The van der Waals surface area contributed by atoms with E-state index in [2.05, 4.69) is 35.2 Å². The maximum Gasteiger partial charge on any atom is 0.0701 e. The first-order chi connectivity index (χ1) is 39.4. The smallest absolute Gasteiger partial charge is 0.0701 e. The number of methoxy groups -OCH3 is 1. The molecule has 0 N–H and O–H groups in total. The highest BCUT2D eigenvalue weighted by molar-refractivity contribution is 6.82. The summed E-state index contributed by atoms with van der Waals surface area (Å²) >= 11 is 0. The Hall–Kier alpha value is -8.48. The Kier molecular flexibility index (Phi) is 3.30. The molecule has 2 spiro atoms. The molecule has 0 bridgehead atoms. The highest BCUT2D eigenvalue weighted by Gasteiger charge is 2.76. The lowest BCUT2D eigenvalue weighted by molar-refractivity contribution is 0.0180. The quantitative estimate of drug-likeness (QED) is 0.101. The van der Waals surface area contributed by atoms with Crippen LogP contribution in [0.5, 0.6) is 0 Å². The van der Waals surface area contributed by atoms with Crippen molar-refractivity contribution in [2.24, 2.45) is 0 Å². The Morgan fingerprint density at radius 2 is 0.544 bits per heavy atom. The fourth-order valence-electron chi connectivity index (χ4n) is 26.9. The number of nitrogens with zero attached hydrogens (tertiary/aromatic N) is 1. The third-order valence-corrected chi connectivity index (χ3v) is 27.2. The lowest BCUT2D eigenvalue weighted by atomic mass is 9.47. The van der Waals surface area contributed by atoms with E-state index in [1.165, 1.54) is 5.56 Å². The standard InChI is InChI=1S/C75H23NO3/c1-77-9-10-79-12-11-78-8-7-76-13-74-69-61-53-43-33-25-17-15-16-19-23-21(17)29-37-31(23)41-35-27(19)28-20(16)24-22-18(15)26(25)34-40-30(22)38-32(24)42-36(28)46-45(35)57-51(41)59-49(37)55(47(53)39(29)33)63(69)65(59)71-67(57)68-58(46)52(42)60-50(38)56-48(40)54(44(34)43)62(61)70(74)64(56)66(60)72(68)75(71,74)73(76)14-5-3-2-4-6-14/h2-6,73H,7-13H2,1H3. The molecule has 34 rings (SSSR count). The normalized spacial score (nSPS) is 22.6. The average Bonchev–Trinajstić information content (AvgIpc) is 1.48. The van der Waals surface area contributed by atoms with Gasteiger partial charge in [0.15, 0.2) is 0 Å². The molecule has 5 aliphatic rings. The molecule has 0 amide bonds. The molecule has 4 heteroatoms. The highest BCUT2D eigenvalue weighted by Crippen LogP contribution is 2.87. The van der Waals surface area contributed by atoms with Crippen LogP contribution in [0.3, 0.4) is 0 Å². The van der Waals surface area contributed by atoms with Crippen LogP contribution in [-0.2, 0) is 25.0 Å². The Bertz CT molecular complexity index is 7370. The van der Waals surface area contributed by atoms with Gasteiger partial charge < -0.3 is 14.2 Å². The van der Waals surface area contributed by atoms with Crippen molar-refractivity contribution >= 4 is 291 Å². The van der Waals surface area contributed by atoms with Gasteiger partial charge in [0, 0.05) is 26.2 Å². The monoisotopic (exact) mass is 985 g/mol. The zero-order chi connectivity index (χ0) is 47.8. The number of hydrogen-bond donors (Lipinski definition) is 0. The second-order valence-electron chi connectivity index (χ2n) is 28.0. The Morgan fingerprint density at radius 3 is 0.823 bits per heavy atom. The number of hydrogen-bond acceptors (Lipinski definition) is 4. The van der Waals surface area contributed by atoms with Gasteiger partial charge in [-0.25, -0.2) is 0 Å². The molecule has 1 heterocycles. The van der Waals surface area contributed by atoms with Crippen molar-refractivity contribution in [3.05, 3.63) is 58.1 Å². The minimum absolute atomic E-state index is 0.0889. The van der Waals surface area contributed by atoms with Crippen molar-refractivity contribution in [3.63, 3.8) is 0 Å². The van der Waals surface area contributed by atoms with E-state index >= 15 is 0 Å². The van der Waals surface area contributed by atoms with E-state index in [1.54, 1.807) is 320 Å². The summed E-state index contributed by atoms with van der Waals surface area (Å²) in [6.07, 6.45) is 0. The van der Waals surface area contributed by atoms with Crippen LogP contribution >= 0.6 is 0 Å². The van der Waals surface area contributed by atoms with Gasteiger partial charge in [0.1, 0.15) is 0 Å². The molecular formula is C75H23NO3. The highest BCUT2D eigenvalue weighted by atomic mass is 16.5. The van der Waals surface area contributed by atoms with Gasteiger partial charge in [-0.05, 0) is 319 Å². The number of benzene rings is 19. The van der Waals surface area contributed by atoms with E-state index in [4.69, 9.17) is 14.2 Å². The SMILES string of the molecule is COCCOCCOCCN1CC23c4c5c6c7c8c9c(c%10c%11c2c2c4c4c%12c5c5c6c6c8c8c%13c9c9c%10c%10c%11c%11c2c2c4c4c%12c%12c5c5c6c8c6c8c%13c9c9c%10c%10c%11c2c2c4c4c%12c5c6c5c8c9c%10c2c45)C73C1c1ccccc1. The van der Waals surface area contributed by atoms with E-state index in [-0.39, 0.29) is 16.9 Å². The van der Waals surface area contributed by atoms with Crippen LogP contribution < -0.4 is 0 Å². The van der Waals surface area contributed by atoms with Crippen molar-refractivity contribution in [2.75, 3.05) is 53.2 Å². The second-order valence-corrected chi connectivity index (χ2v) is 28.0. The van der Waals surface area contributed by atoms with Crippen LogP contribution in [0.15, 0.2) is 30.3 Å². The summed E-state index contributed by atoms with van der Waals surface area (Å²) in [6, 6.07) is 12.2. The average molecular weight is 986 g/mol. The van der Waals surface area contributed by atoms with Gasteiger partial charge in [-0.2, -0.15) is 0 Å². The van der Waals surface area contributed by atoms with Gasteiger partial charge in [-0.15, -0.1) is 0 Å². The second kappa shape index (κ2) is 8.04. The van der Waals surface area contributed by atoms with Gasteiger partial charge in [0.2, 0.25) is 0 Å². The number of likely N-dealkylation sites (tertiary alicyclic amines) is 1. The molecule has 1 atom stereocenters. The molecule has 1 saturated heterocycles. The zero-order valence-corrected chi connectivity index (χ0v) is 41.6. The van der Waals surface area contributed by atoms with Gasteiger partial charge in [0.05, 0.1) is 43.9 Å². The predicted octanol–water partition coefficient (Wildman–Crippen LogP) is 18.0. The molecule has 1 aliphatic heterocycles. The van der Waals surface area contributed by atoms with Crippen LogP contribution in [0.1, 0.15) is 33.9 Å². The lowest BCUT2D eigenvalue weighted by Crippen LogP contribution is -2.51. The summed E-state index contributed by atoms with van der Waals surface area (Å²) in [5.74, 6) is 0. The maximum absolute atomic E-state index is 6.77. The minimum Gasteiger partial charge on any atom is -0.382 e. The van der Waals surface area contributed by atoms with E-state index < -0.39 is 0 Å². The Morgan fingerprint density at radius 1 is 0.304 bits per heavy atom. The van der Waals surface area contributed by atoms with Crippen LogP contribution in [0.2, 0.25) is 0 Å². The van der Waals surface area contributed by atoms with Crippen molar-refractivity contribution < 1.29 is 14.2 Å². The molecule has 4 aliphatic carbocycles. The molecule has 29 aromatic rings. The third-order valence-electron chi connectivity index (χ3n) is 27.2. The fraction of sp³-hybridized carbons (Fsp3) is 0.147. The summed E-state index contributed by atoms with van der Waals surface area (Å²) in [4.78, 5) is 3.03. The summed E-state index contributed by atoms with van der Waals surface area (Å²) in [5.41, 5.74) is 7.74. The topological polar surface area (TPSA) is 30.9 Å².